The number of rotatable bonds is 6. The lowest BCUT2D eigenvalue weighted by Gasteiger charge is -2.21. The van der Waals surface area contributed by atoms with Gasteiger partial charge in [0.25, 0.3) is 0 Å². The average molecular weight is 282 g/mol. The fourth-order valence-electron chi connectivity index (χ4n) is 2.59. The average Bonchev–Trinajstić information content (AvgIpc) is 2.53. The highest BCUT2D eigenvalue weighted by Crippen LogP contribution is 2.26. The SMILES string of the molecule is CCNC(CC)c1ccc(N(C)c2ccc(C)cc2)cc1. The number of aryl methyl sites for hydroxylation is 1. The number of hydrogen-bond acceptors (Lipinski definition) is 2. The molecule has 0 heterocycles. The zero-order valence-electron chi connectivity index (χ0n) is 13.6. The van der Waals surface area contributed by atoms with Crippen molar-refractivity contribution in [2.45, 2.75) is 33.2 Å². The van der Waals surface area contributed by atoms with Gasteiger partial charge in [-0.25, -0.2) is 0 Å². The summed E-state index contributed by atoms with van der Waals surface area (Å²) < 4.78 is 0. The van der Waals surface area contributed by atoms with Crippen molar-refractivity contribution in [3.05, 3.63) is 59.7 Å². The molecule has 112 valence electrons. The van der Waals surface area contributed by atoms with Crippen LogP contribution in [0.25, 0.3) is 0 Å². The first-order valence-corrected chi connectivity index (χ1v) is 7.79. The van der Waals surface area contributed by atoms with Crippen molar-refractivity contribution in [3.8, 4) is 0 Å². The Kier molecular flexibility index (Phi) is 5.40. The van der Waals surface area contributed by atoms with Gasteiger partial charge in [0.15, 0.2) is 0 Å². The number of nitrogens with one attached hydrogen (secondary N) is 1. The van der Waals surface area contributed by atoms with Crippen LogP contribution < -0.4 is 10.2 Å². The summed E-state index contributed by atoms with van der Waals surface area (Å²) in [6, 6.07) is 18.0. The first-order chi connectivity index (χ1) is 10.2. The second-order valence-corrected chi connectivity index (χ2v) is 5.50. The van der Waals surface area contributed by atoms with E-state index >= 15 is 0 Å². The summed E-state index contributed by atoms with van der Waals surface area (Å²) in [5.41, 5.74) is 5.08. The van der Waals surface area contributed by atoms with E-state index in [2.05, 4.69) is 86.6 Å². The molecule has 0 radical (unpaired) electrons. The molecule has 0 saturated heterocycles. The standard InChI is InChI=1S/C19H26N2/c1-5-19(20-6-2)16-9-13-18(14-10-16)21(4)17-11-7-15(3)8-12-17/h7-14,19-20H,5-6H2,1-4H3. The Labute approximate surface area is 128 Å². The van der Waals surface area contributed by atoms with Crippen molar-refractivity contribution in [1.29, 1.82) is 0 Å². The van der Waals surface area contributed by atoms with Gasteiger partial charge in [0.2, 0.25) is 0 Å². The highest BCUT2D eigenvalue weighted by atomic mass is 15.1. The highest BCUT2D eigenvalue weighted by molar-refractivity contribution is 5.62. The summed E-state index contributed by atoms with van der Waals surface area (Å²) in [5, 5.41) is 3.52. The summed E-state index contributed by atoms with van der Waals surface area (Å²) in [5.74, 6) is 0. The molecular weight excluding hydrogens is 256 g/mol. The summed E-state index contributed by atoms with van der Waals surface area (Å²) >= 11 is 0. The third kappa shape index (κ3) is 3.85. The second kappa shape index (κ2) is 7.28. The fraction of sp³-hybridized carbons (Fsp3) is 0.368. The zero-order valence-corrected chi connectivity index (χ0v) is 13.6. The Morgan fingerprint density at radius 2 is 1.43 bits per heavy atom. The first kappa shape index (κ1) is 15.6. The maximum Gasteiger partial charge on any atom is 0.0408 e. The van der Waals surface area contributed by atoms with Gasteiger partial charge >= 0.3 is 0 Å². The van der Waals surface area contributed by atoms with Crippen molar-refractivity contribution in [2.75, 3.05) is 18.5 Å². The van der Waals surface area contributed by atoms with Crippen molar-refractivity contribution in [2.24, 2.45) is 0 Å². The van der Waals surface area contributed by atoms with E-state index in [-0.39, 0.29) is 0 Å². The van der Waals surface area contributed by atoms with E-state index in [0.29, 0.717) is 6.04 Å². The van der Waals surface area contributed by atoms with Crippen LogP contribution in [-0.4, -0.2) is 13.6 Å². The Bertz CT molecular complexity index is 543. The molecule has 0 bridgehead atoms. The van der Waals surface area contributed by atoms with Crippen LogP contribution in [0.5, 0.6) is 0 Å². The Balaban J connectivity index is 2.16. The Hall–Kier alpha value is -1.80. The van der Waals surface area contributed by atoms with Crippen molar-refractivity contribution in [3.63, 3.8) is 0 Å². The van der Waals surface area contributed by atoms with Crippen LogP contribution in [0, 0.1) is 6.92 Å². The number of benzene rings is 2. The van der Waals surface area contributed by atoms with Crippen LogP contribution in [0.2, 0.25) is 0 Å². The first-order valence-electron chi connectivity index (χ1n) is 7.79. The summed E-state index contributed by atoms with van der Waals surface area (Å²) in [4.78, 5) is 2.22. The van der Waals surface area contributed by atoms with Gasteiger partial charge in [0.1, 0.15) is 0 Å². The lowest BCUT2D eigenvalue weighted by atomic mass is 10.0. The minimum Gasteiger partial charge on any atom is -0.345 e. The van der Waals surface area contributed by atoms with E-state index < -0.39 is 0 Å². The van der Waals surface area contributed by atoms with Crippen LogP contribution in [0.3, 0.4) is 0 Å². The molecule has 0 spiro atoms. The predicted octanol–water partition coefficient (Wildman–Crippen LogP) is 4.82. The summed E-state index contributed by atoms with van der Waals surface area (Å²) in [6.07, 6.45) is 1.11. The Morgan fingerprint density at radius 1 is 0.905 bits per heavy atom. The number of nitrogens with zero attached hydrogens (tertiary/aromatic N) is 1. The van der Waals surface area contributed by atoms with Crippen LogP contribution in [-0.2, 0) is 0 Å². The fourth-order valence-corrected chi connectivity index (χ4v) is 2.59. The quantitative estimate of drug-likeness (QED) is 0.817. The van der Waals surface area contributed by atoms with Crippen LogP contribution in [0.4, 0.5) is 11.4 Å². The molecule has 0 aliphatic rings. The molecule has 0 amide bonds. The molecule has 0 aromatic heterocycles. The lowest BCUT2D eigenvalue weighted by molar-refractivity contribution is 0.537. The zero-order chi connectivity index (χ0) is 15.2. The highest BCUT2D eigenvalue weighted by Gasteiger charge is 2.09. The largest absolute Gasteiger partial charge is 0.345 e. The molecule has 1 unspecified atom stereocenters. The predicted molar refractivity (Wildman–Crippen MR) is 92.4 cm³/mol. The normalized spacial score (nSPS) is 12.2. The second-order valence-electron chi connectivity index (χ2n) is 5.50. The summed E-state index contributed by atoms with van der Waals surface area (Å²) in [7, 11) is 2.11. The van der Waals surface area contributed by atoms with E-state index in [1.54, 1.807) is 0 Å². The summed E-state index contributed by atoms with van der Waals surface area (Å²) in [6.45, 7) is 7.50. The molecule has 2 rings (SSSR count). The van der Waals surface area contributed by atoms with Gasteiger partial charge in [-0.2, -0.15) is 0 Å². The van der Waals surface area contributed by atoms with E-state index in [1.165, 1.54) is 22.5 Å². The van der Waals surface area contributed by atoms with Gasteiger partial charge in [-0.3, -0.25) is 0 Å². The topological polar surface area (TPSA) is 15.3 Å². The van der Waals surface area contributed by atoms with E-state index in [4.69, 9.17) is 0 Å². The molecule has 0 aliphatic heterocycles. The Morgan fingerprint density at radius 3 is 1.90 bits per heavy atom. The minimum atomic E-state index is 0.453. The van der Waals surface area contributed by atoms with Crippen LogP contribution >= 0.6 is 0 Å². The molecule has 1 N–H and O–H groups in total. The van der Waals surface area contributed by atoms with Gasteiger partial charge in [-0.05, 0) is 49.7 Å². The number of hydrogen-bond donors (Lipinski definition) is 1. The molecule has 21 heavy (non-hydrogen) atoms. The third-order valence-corrected chi connectivity index (χ3v) is 3.96. The molecule has 2 nitrogen and oxygen atoms in total. The monoisotopic (exact) mass is 282 g/mol. The maximum absolute atomic E-state index is 3.52. The lowest BCUT2D eigenvalue weighted by Crippen LogP contribution is -2.20. The van der Waals surface area contributed by atoms with Gasteiger partial charge in [-0.15, -0.1) is 0 Å². The molecule has 2 aromatic carbocycles. The van der Waals surface area contributed by atoms with Crippen LogP contribution in [0.15, 0.2) is 48.5 Å². The van der Waals surface area contributed by atoms with E-state index in [9.17, 15) is 0 Å². The van der Waals surface area contributed by atoms with Gasteiger partial charge < -0.3 is 10.2 Å². The van der Waals surface area contributed by atoms with Crippen molar-refractivity contribution < 1.29 is 0 Å². The molecule has 2 aromatic rings. The van der Waals surface area contributed by atoms with Crippen LogP contribution in [0.1, 0.15) is 37.4 Å². The number of anilines is 2. The molecule has 0 fully saturated rings. The van der Waals surface area contributed by atoms with Crippen molar-refractivity contribution in [1.82, 2.24) is 5.32 Å². The molecule has 1 atom stereocenters. The molecular formula is C19H26N2. The molecule has 2 heteroatoms. The minimum absolute atomic E-state index is 0.453. The van der Waals surface area contributed by atoms with Gasteiger partial charge in [0.05, 0.1) is 0 Å². The molecule has 0 saturated carbocycles. The van der Waals surface area contributed by atoms with Gasteiger partial charge in [-0.1, -0.05) is 43.7 Å². The van der Waals surface area contributed by atoms with E-state index in [0.717, 1.165) is 13.0 Å². The van der Waals surface area contributed by atoms with Gasteiger partial charge in [0, 0.05) is 24.5 Å². The smallest absolute Gasteiger partial charge is 0.0408 e. The third-order valence-electron chi connectivity index (χ3n) is 3.96. The molecule has 0 aliphatic carbocycles. The maximum atomic E-state index is 3.52. The van der Waals surface area contributed by atoms with Crippen molar-refractivity contribution >= 4 is 11.4 Å². The van der Waals surface area contributed by atoms with E-state index in [1.807, 2.05) is 0 Å².